The maximum atomic E-state index is 6.19. The van der Waals surface area contributed by atoms with E-state index >= 15 is 0 Å². The Kier molecular flexibility index (Phi) is 2.96. The molecule has 3 nitrogen and oxygen atoms in total. The van der Waals surface area contributed by atoms with Gasteiger partial charge in [-0.15, -0.1) is 0 Å². The molecule has 2 heterocycles. The molecule has 1 aliphatic carbocycles. The number of nitrogens with two attached hydrogens (primary N) is 1. The van der Waals surface area contributed by atoms with Gasteiger partial charge in [0.2, 0.25) is 0 Å². The van der Waals surface area contributed by atoms with Crippen molar-refractivity contribution in [3.05, 3.63) is 0 Å². The van der Waals surface area contributed by atoms with Gasteiger partial charge in [-0.3, -0.25) is 4.90 Å². The average Bonchev–Trinajstić information content (AvgIpc) is 2.51. The molecule has 0 amide bonds. The molecule has 3 fully saturated rings. The van der Waals surface area contributed by atoms with Gasteiger partial charge in [0.1, 0.15) is 0 Å². The molecule has 0 radical (unpaired) electrons. The van der Waals surface area contributed by atoms with Gasteiger partial charge in [-0.05, 0) is 52.6 Å². The molecule has 3 heteroatoms. The van der Waals surface area contributed by atoms with Gasteiger partial charge in [-0.25, -0.2) is 0 Å². The number of hydrogen-bond donors (Lipinski definition) is 1. The lowest BCUT2D eigenvalue weighted by molar-refractivity contribution is -0.0265. The second-order valence-electron chi connectivity index (χ2n) is 6.58. The first-order valence-corrected chi connectivity index (χ1v) is 7.31. The summed E-state index contributed by atoms with van der Waals surface area (Å²) in [5, 5.41) is 0. The van der Waals surface area contributed by atoms with Crippen molar-refractivity contribution in [1.29, 1.82) is 0 Å². The highest BCUT2D eigenvalue weighted by molar-refractivity contribution is 5.07. The Labute approximate surface area is 105 Å². The molecule has 2 aliphatic heterocycles. The van der Waals surface area contributed by atoms with Crippen LogP contribution in [-0.2, 0) is 0 Å². The minimum atomic E-state index is 0.309. The number of likely N-dealkylation sites (N-methyl/N-ethyl adjacent to an activating group) is 1. The minimum absolute atomic E-state index is 0.309. The normalized spacial score (nSPS) is 43.1. The smallest absolute Gasteiger partial charge is 0.0361 e. The largest absolute Gasteiger partial charge is 0.329 e. The quantitative estimate of drug-likeness (QED) is 0.806. The number of rotatable bonds is 3. The molecule has 0 spiro atoms. The van der Waals surface area contributed by atoms with Crippen molar-refractivity contribution in [3.63, 3.8) is 0 Å². The summed E-state index contributed by atoms with van der Waals surface area (Å²) in [6.07, 6.45) is 9.57. The third-order valence-corrected chi connectivity index (χ3v) is 5.97. The second kappa shape index (κ2) is 4.22. The maximum Gasteiger partial charge on any atom is 0.0361 e. The molecule has 0 aromatic rings. The standard InChI is InChI=1S/C14H27N3/c1-16-12-6-7-13(16)9-14(8-12,10-15)17(2)11-4-3-5-11/h11-13H,3-10,15H2,1-2H3. The molecule has 2 saturated heterocycles. The number of nitrogens with zero attached hydrogens (tertiary/aromatic N) is 2. The van der Waals surface area contributed by atoms with Gasteiger partial charge >= 0.3 is 0 Å². The van der Waals surface area contributed by atoms with Crippen molar-refractivity contribution >= 4 is 0 Å². The molecule has 0 aromatic carbocycles. The highest BCUT2D eigenvalue weighted by Gasteiger charge is 2.49. The lowest BCUT2D eigenvalue weighted by Gasteiger charge is -2.54. The molecule has 98 valence electrons. The highest BCUT2D eigenvalue weighted by atomic mass is 15.3. The Morgan fingerprint density at radius 1 is 1.18 bits per heavy atom. The van der Waals surface area contributed by atoms with Crippen molar-refractivity contribution in [3.8, 4) is 0 Å². The highest BCUT2D eigenvalue weighted by Crippen LogP contribution is 2.44. The number of piperidine rings is 1. The van der Waals surface area contributed by atoms with Crippen molar-refractivity contribution in [2.45, 2.75) is 68.6 Å². The first kappa shape index (κ1) is 11.9. The van der Waals surface area contributed by atoms with E-state index in [1.165, 1.54) is 44.9 Å². The summed E-state index contributed by atoms with van der Waals surface area (Å²) in [5.74, 6) is 0. The summed E-state index contributed by atoms with van der Waals surface area (Å²) < 4.78 is 0. The zero-order chi connectivity index (χ0) is 12.0. The summed E-state index contributed by atoms with van der Waals surface area (Å²) in [5.41, 5.74) is 6.50. The molecule has 2 unspecified atom stereocenters. The Balaban J connectivity index is 1.78. The van der Waals surface area contributed by atoms with Crippen LogP contribution in [-0.4, -0.2) is 54.1 Å². The second-order valence-corrected chi connectivity index (χ2v) is 6.58. The summed E-state index contributed by atoms with van der Waals surface area (Å²) in [7, 11) is 4.65. The van der Waals surface area contributed by atoms with Crippen molar-refractivity contribution in [2.24, 2.45) is 5.73 Å². The zero-order valence-corrected chi connectivity index (χ0v) is 11.4. The predicted molar refractivity (Wildman–Crippen MR) is 71.0 cm³/mol. The van der Waals surface area contributed by atoms with E-state index in [4.69, 9.17) is 5.73 Å². The van der Waals surface area contributed by atoms with Gasteiger partial charge in [0.15, 0.2) is 0 Å². The van der Waals surface area contributed by atoms with E-state index in [0.717, 1.165) is 24.7 Å². The van der Waals surface area contributed by atoms with Crippen LogP contribution in [0.25, 0.3) is 0 Å². The van der Waals surface area contributed by atoms with Crippen LogP contribution < -0.4 is 5.73 Å². The Bertz CT molecular complexity index is 273. The Hall–Kier alpha value is -0.120. The van der Waals surface area contributed by atoms with Gasteiger partial charge in [-0.1, -0.05) is 6.42 Å². The minimum Gasteiger partial charge on any atom is -0.329 e. The molecular formula is C14H27N3. The van der Waals surface area contributed by atoms with Crippen molar-refractivity contribution in [2.75, 3.05) is 20.6 Å². The van der Waals surface area contributed by atoms with Gasteiger partial charge in [-0.2, -0.15) is 0 Å². The predicted octanol–water partition coefficient (Wildman–Crippen LogP) is 1.42. The van der Waals surface area contributed by atoms with E-state index in [1.807, 2.05) is 0 Å². The van der Waals surface area contributed by atoms with Crippen LogP contribution in [0.3, 0.4) is 0 Å². The van der Waals surface area contributed by atoms with Crippen LogP contribution in [0.1, 0.15) is 44.9 Å². The average molecular weight is 237 g/mol. The fraction of sp³-hybridized carbons (Fsp3) is 1.00. The SMILES string of the molecule is CN1C2CCC1CC(CN)(N(C)C1CCC1)C2. The fourth-order valence-corrected chi connectivity index (χ4v) is 4.30. The van der Waals surface area contributed by atoms with Crippen molar-refractivity contribution < 1.29 is 0 Å². The third kappa shape index (κ3) is 1.74. The lowest BCUT2D eigenvalue weighted by Crippen LogP contribution is -2.63. The molecule has 3 rings (SSSR count). The Morgan fingerprint density at radius 3 is 2.18 bits per heavy atom. The van der Waals surface area contributed by atoms with Crippen LogP contribution in [0.2, 0.25) is 0 Å². The van der Waals surface area contributed by atoms with E-state index in [9.17, 15) is 0 Å². The number of hydrogen-bond acceptors (Lipinski definition) is 3. The van der Waals surface area contributed by atoms with Gasteiger partial charge in [0.25, 0.3) is 0 Å². The lowest BCUT2D eigenvalue weighted by atomic mass is 9.78. The third-order valence-electron chi connectivity index (χ3n) is 5.97. The topological polar surface area (TPSA) is 32.5 Å². The molecule has 1 saturated carbocycles. The van der Waals surface area contributed by atoms with E-state index < -0.39 is 0 Å². The van der Waals surface area contributed by atoms with Crippen LogP contribution in [0.15, 0.2) is 0 Å². The van der Waals surface area contributed by atoms with E-state index in [-0.39, 0.29) is 0 Å². The molecule has 0 aromatic heterocycles. The monoisotopic (exact) mass is 237 g/mol. The van der Waals surface area contributed by atoms with Gasteiger partial charge < -0.3 is 10.6 Å². The molecule has 17 heavy (non-hydrogen) atoms. The summed E-state index contributed by atoms with van der Waals surface area (Å²) in [6, 6.07) is 2.40. The maximum absolute atomic E-state index is 6.19. The molecule has 2 atom stereocenters. The Morgan fingerprint density at radius 2 is 1.76 bits per heavy atom. The molecule has 3 aliphatic rings. The van der Waals surface area contributed by atoms with Crippen LogP contribution in [0.5, 0.6) is 0 Å². The van der Waals surface area contributed by atoms with Crippen molar-refractivity contribution in [1.82, 2.24) is 9.80 Å². The first-order valence-electron chi connectivity index (χ1n) is 7.31. The van der Waals surface area contributed by atoms with Gasteiger partial charge in [0.05, 0.1) is 0 Å². The van der Waals surface area contributed by atoms with E-state index in [1.54, 1.807) is 0 Å². The van der Waals surface area contributed by atoms with E-state index in [2.05, 4.69) is 23.9 Å². The summed E-state index contributed by atoms with van der Waals surface area (Å²) in [6.45, 7) is 0.848. The van der Waals surface area contributed by atoms with Crippen LogP contribution in [0.4, 0.5) is 0 Å². The molecule has 2 bridgehead atoms. The first-order chi connectivity index (χ1) is 8.16. The number of fused-ring (bicyclic) bond motifs is 2. The van der Waals surface area contributed by atoms with Crippen LogP contribution >= 0.6 is 0 Å². The summed E-state index contributed by atoms with van der Waals surface area (Å²) in [4.78, 5) is 5.28. The van der Waals surface area contributed by atoms with Gasteiger partial charge in [0, 0.05) is 30.2 Å². The molecule has 2 N–H and O–H groups in total. The molecular weight excluding hydrogens is 210 g/mol. The van der Waals surface area contributed by atoms with E-state index in [0.29, 0.717) is 5.54 Å². The van der Waals surface area contributed by atoms with Crippen LogP contribution in [0, 0.1) is 0 Å². The fourth-order valence-electron chi connectivity index (χ4n) is 4.30. The zero-order valence-electron chi connectivity index (χ0n) is 11.4. The summed E-state index contributed by atoms with van der Waals surface area (Å²) >= 11 is 0.